The zero-order chi connectivity index (χ0) is 15.4. The van der Waals surface area contributed by atoms with Crippen LogP contribution in [-0.2, 0) is 4.79 Å². The Hall–Kier alpha value is -0.570. The quantitative estimate of drug-likeness (QED) is 0.563. The van der Waals surface area contributed by atoms with Crippen molar-refractivity contribution in [2.45, 2.75) is 91.5 Å². The Labute approximate surface area is 126 Å². The molecule has 0 rings (SSSR count). The summed E-state index contributed by atoms with van der Waals surface area (Å²) in [5.41, 5.74) is 6.24. The highest BCUT2D eigenvalue weighted by molar-refractivity contribution is 5.75. The molecule has 0 aliphatic carbocycles. The molecule has 0 aliphatic heterocycles. The summed E-state index contributed by atoms with van der Waals surface area (Å²) in [6.45, 7) is 9.36. The molecule has 0 bridgehead atoms. The Morgan fingerprint density at radius 2 is 1.60 bits per heavy atom. The Morgan fingerprint density at radius 1 is 1.05 bits per heavy atom. The molecule has 0 aromatic rings. The van der Waals surface area contributed by atoms with E-state index in [0.717, 1.165) is 12.8 Å². The number of carbonyl (C=O) groups is 1. The van der Waals surface area contributed by atoms with Crippen LogP contribution in [-0.4, -0.2) is 18.5 Å². The zero-order valence-electron chi connectivity index (χ0n) is 14.1. The van der Waals surface area contributed by atoms with Gasteiger partial charge in [0.15, 0.2) is 0 Å². The Kier molecular flexibility index (Phi) is 10.8. The lowest BCUT2D eigenvalue weighted by Crippen LogP contribution is -2.39. The summed E-state index contributed by atoms with van der Waals surface area (Å²) in [6.07, 6.45) is 10.3. The van der Waals surface area contributed by atoms with Crippen molar-refractivity contribution in [3.63, 3.8) is 0 Å². The molecule has 0 aliphatic rings. The third-order valence-electron chi connectivity index (χ3n) is 3.44. The van der Waals surface area contributed by atoms with Crippen molar-refractivity contribution >= 4 is 5.91 Å². The van der Waals surface area contributed by atoms with Crippen LogP contribution in [0.5, 0.6) is 0 Å². The maximum atomic E-state index is 11.7. The zero-order valence-corrected chi connectivity index (χ0v) is 14.1. The van der Waals surface area contributed by atoms with Gasteiger partial charge < -0.3 is 11.1 Å². The molecule has 3 heteroatoms. The molecular weight excluding hydrogens is 248 g/mol. The third kappa shape index (κ3) is 13.9. The lowest BCUT2D eigenvalue weighted by Gasteiger charge is -2.23. The van der Waals surface area contributed by atoms with Crippen LogP contribution in [0, 0.1) is 5.41 Å². The molecule has 0 aromatic carbocycles. The topological polar surface area (TPSA) is 55.1 Å². The average molecular weight is 284 g/mol. The fourth-order valence-corrected chi connectivity index (χ4v) is 2.43. The summed E-state index contributed by atoms with van der Waals surface area (Å²) in [4.78, 5) is 11.7. The number of nitrogens with one attached hydrogen (secondary N) is 1. The van der Waals surface area contributed by atoms with Crippen molar-refractivity contribution < 1.29 is 4.79 Å². The third-order valence-corrected chi connectivity index (χ3v) is 3.44. The number of hydrogen-bond acceptors (Lipinski definition) is 2. The van der Waals surface area contributed by atoms with Crippen LogP contribution in [0.2, 0.25) is 0 Å². The minimum Gasteiger partial charge on any atom is -0.355 e. The summed E-state index contributed by atoms with van der Waals surface area (Å²) in [7, 11) is 0. The molecule has 0 heterocycles. The van der Waals surface area contributed by atoms with Gasteiger partial charge in [0.1, 0.15) is 0 Å². The second-order valence-corrected chi connectivity index (χ2v) is 7.20. The van der Waals surface area contributed by atoms with Crippen molar-refractivity contribution in [2.75, 3.05) is 6.54 Å². The van der Waals surface area contributed by atoms with E-state index < -0.39 is 0 Å². The molecule has 1 amide bonds. The van der Waals surface area contributed by atoms with E-state index in [-0.39, 0.29) is 17.4 Å². The van der Waals surface area contributed by atoms with Gasteiger partial charge in [0.25, 0.3) is 0 Å². The monoisotopic (exact) mass is 284 g/mol. The SMILES string of the molecule is CCCCCCCCCC(=O)NCC(N)CC(C)(C)C. The first-order valence-electron chi connectivity index (χ1n) is 8.37. The normalized spacial score (nSPS) is 13.2. The molecule has 1 unspecified atom stereocenters. The van der Waals surface area contributed by atoms with E-state index in [9.17, 15) is 4.79 Å². The molecule has 0 aromatic heterocycles. The molecule has 3 N–H and O–H groups in total. The summed E-state index contributed by atoms with van der Waals surface area (Å²) in [6, 6.07) is 0.0630. The smallest absolute Gasteiger partial charge is 0.220 e. The van der Waals surface area contributed by atoms with Crippen molar-refractivity contribution in [3.05, 3.63) is 0 Å². The van der Waals surface area contributed by atoms with Crippen LogP contribution in [0.4, 0.5) is 0 Å². The van der Waals surface area contributed by atoms with E-state index in [0.29, 0.717) is 13.0 Å². The molecular formula is C17H36N2O. The molecule has 0 spiro atoms. The minimum absolute atomic E-state index is 0.0630. The molecule has 20 heavy (non-hydrogen) atoms. The summed E-state index contributed by atoms with van der Waals surface area (Å²) >= 11 is 0. The van der Waals surface area contributed by atoms with Crippen molar-refractivity contribution in [2.24, 2.45) is 11.1 Å². The summed E-state index contributed by atoms with van der Waals surface area (Å²) in [5, 5.41) is 2.95. The van der Waals surface area contributed by atoms with Gasteiger partial charge in [-0.15, -0.1) is 0 Å². The van der Waals surface area contributed by atoms with Crippen LogP contribution in [0.1, 0.15) is 85.5 Å². The fourth-order valence-electron chi connectivity index (χ4n) is 2.43. The second kappa shape index (κ2) is 11.1. The van der Waals surface area contributed by atoms with Gasteiger partial charge in [0.2, 0.25) is 5.91 Å². The minimum atomic E-state index is 0.0630. The highest BCUT2D eigenvalue weighted by Gasteiger charge is 2.15. The molecule has 3 nitrogen and oxygen atoms in total. The Morgan fingerprint density at radius 3 is 2.15 bits per heavy atom. The van der Waals surface area contributed by atoms with E-state index in [1.165, 1.54) is 38.5 Å². The first kappa shape index (κ1) is 19.4. The van der Waals surface area contributed by atoms with Gasteiger partial charge in [-0.1, -0.05) is 66.2 Å². The Bertz CT molecular complexity index is 246. The van der Waals surface area contributed by atoms with Crippen LogP contribution in [0.3, 0.4) is 0 Å². The van der Waals surface area contributed by atoms with Crippen molar-refractivity contribution in [1.82, 2.24) is 5.32 Å². The number of amides is 1. The fraction of sp³-hybridized carbons (Fsp3) is 0.941. The molecule has 0 fully saturated rings. The highest BCUT2D eigenvalue weighted by atomic mass is 16.1. The lowest BCUT2D eigenvalue weighted by molar-refractivity contribution is -0.121. The average Bonchev–Trinajstić information content (AvgIpc) is 2.33. The van der Waals surface area contributed by atoms with Gasteiger partial charge in [0, 0.05) is 19.0 Å². The predicted octanol–water partition coefficient (Wildman–Crippen LogP) is 4.01. The molecule has 1 atom stereocenters. The molecule has 0 saturated carbocycles. The first-order valence-corrected chi connectivity index (χ1v) is 8.37. The number of carbonyl (C=O) groups excluding carboxylic acids is 1. The van der Waals surface area contributed by atoms with Crippen molar-refractivity contribution in [3.8, 4) is 0 Å². The standard InChI is InChI=1S/C17H36N2O/c1-5-6-7-8-9-10-11-12-16(20)19-14-15(18)13-17(2,3)4/h15H,5-14,18H2,1-4H3,(H,19,20). The van der Waals surface area contributed by atoms with E-state index in [1.807, 2.05) is 0 Å². The van der Waals surface area contributed by atoms with E-state index >= 15 is 0 Å². The van der Waals surface area contributed by atoms with E-state index in [2.05, 4.69) is 33.0 Å². The number of unbranched alkanes of at least 4 members (excludes halogenated alkanes) is 6. The van der Waals surface area contributed by atoms with Gasteiger partial charge in [0.05, 0.1) is 0 Å². The van der Waals surface area contributed by atoms with E-state index in [4.69, 9.17) is 5.73 Å². The molecule has 0 saturated heterocycles. The maximum absolute atomic E-state index is 11.7. The van der Waals surface area contributed by atoms with Crippen molar-refractivity contribution in [1.29, 1.82) is 0 Å². The summed E-state index contributed by atoms with van der Waals surface area (Å²) < 4.78 is 0. The van der Waals surface area contributed by atoms with E-state index in [1.54, 1.807) is 0 Å². The van der Waals surface area contributed by atoms with Crippen LogP contribution in [0.25, 0.3) is 0 Å². The summed E-state index contributed by atoms with van der Waals surface area (Å²) in [5.74, 6) is 0.155. The largest absolute Gasteiger partial charge is 0.355 e. The van der Waals surface area contributed by atoms with Crippen LogP contribution < -0.4 is 11.1 Å². The number of rotatable bonds is 11. The second-order valence-electron chi connectivity index (χ2n) is 7.20. The maximum Gasteiger partial charge on any atom is 0.220 e. The molecule has 120 valence electrons. The van der Waals surface area contributed by atoms with Gasteiger partial charge in [-0.05, 0) is 18.3 Å². The van der Waals surface area contributed by atoms with Crippen LogP contribution in [0.15, 0.2) is 0 Å². The van der Waals surface area contributed by atoms with Gasteiger partial charge in [-0.2, -0.15) is 0 Å². The lowest BCUT2D eigenvalue weighted by atomic mass is 9.88. The van der Waals surface area contributed by atoms with Gasteiger partial charge in [-0.3, -0.25) is 4.79 Å². The van der Waals surface area contributed by atoms with Gasteiger partial charge >= 0.3 is 0 Å². The Balaban J connectivity index is 3.45. The van der Waals surface area contributed by atoms with Gasteiger partial charge in [-0.25, -0.2) is 0 Å². The number of hydrogen-bond donors (Lipinski definition) is 2. The number of nitrogens with two attached hydrogens (primary N) is 1. The predicted molar refractivity (Wildman–Crippen MR) is 87.7 cm³/mol. The van der Waals surface area contributed by atoms with Crippen LogP contribution >= 0.6 is 0 Å². The highest BCUT2D eigenvalue weighted by Crippen LogP contribution is 2.19. The first-order chi connectivity index (χ1) is 9.35. The molecule has 0 radical (unpaired) electrons.